The van der Waals surface area contributed by atoms with Crippen LogP contribution in [0.5, 0.6) is 0 Å². The number of hydrogen-bond acceptors (Lipinski definition) is 3. The van der Waals surface area contributed by atoms with E-state index in [4.69, 9.17) is 5.11 Å². The maximum absolute atomic E-state index is 8.93. The first-order valence-corrected chi connectivity index (χ1v) is 7.13. The van der Waals surface area contributed by atoms with Gasteiger partial charge in [0.15, 0.2) is 0 Å². The Bertz CT molecular complexity index is 406. The number of aliphatic hydroxyl groups excluding tert-OH is 1. The molecule has 108 valence electrons. The van der Waals surface area contributed by atoms with Crippen LogP contribution in [0.15, 0.2) is 54.7 Å². The molecule has 20 heavy (non-hydrogen) atoms. The largest absolute Gasteiger partial charge is 0.395 e. The van der Waals surface area contributed by atoms with Gasteiger partial charge in [0.05, 0.1) is 18.3 Å². The van der Waals surface area contributed by atoms with Crippen molar-refractivity contribution in [3.8, 4) is 0 Å². The van der Waals surface area contributed by atoms with E-state index in [-0.39, 0.29) is 12.6 Å². The molecule has 0 saturated carbocycles. The Morgan fingerprint density at radius 3 is 2.25 bits per heavy atom. The highest BCUT2D eigenvalue weighted by Crippen LogP contribution is 2.19. The fourth-order valence-corrected chi connectivity index (χ4v) is 1.79. The van der Waals surface area contributed by atoms with Gasteiger partial charge in [0.25, 0.3) is 0 Å². The monoisotopic (exact) mass is 272 g/mol. The molecule has 0 aliphatic carbocycles. The summed E-state index contributed by atoms with van der Waals surface area (Å²) in [6.45, 7) is 4.92. The van der Waals surface area contributed by atoms with Gasteiger partial charge < -0.3 is 10.4 Å². The van der Waals surface area contributed by atoms with Crippen LogP contribution in [0.2, 0.25) is 0 Å². The highest BCUT2D eigenvalue weighted by molar-refractivity contribution is 5.27. The second kappa shape index (κ2) is 10.1. The second-order valence-electron chi connectivity index (χ2n) is 4.48. The lowest BCUT2D eigenvalue weighted by Gasteiger charge is -2.18. The number of nitrogens with zero attached hydrogens (tertiary/aromatic N) is 1. The first kappa shape index (κ1) is 16.3. The van der Waals surface area contributed by atoms with Crippen LogP contribution in [-0.4, -0.2) is 23.2 Å². The molecule has 1 atom stereocenters. The third-order valence-electron chi connectivity index (χ3n) is 2.58. The Labute approximate surface area is 121 Å². The van der Waals surface area contributed by atoms with Gasteiger partial charge >= 0.3 is 0 Å². The predicted molar refractivity (Wildman–Crippen MR) is 83.6 cm³/mol. The molecular formula is C17H24N2O. The van der Waals surface area contributed by atoms with E-state index in [1.54, 1.807) is 6.20 Å². The molecule has 0 spiro atoms. The van der Waals surface area contributed by atoms with E-state index in [2.05, 4.69) is 36.3 Å². The topological polar surface area (TPSA) is 45.1 Å². The van der Waals surface area contributed by atoms with Gasteiger partial charge in [-0.1, -0.05) is 56.7 Å². The predicted octanol–water partition coefficient (Wildman–Crippen LogP) is 3.17. The molecule has 1 aromatic carbocycles. The van der Waals surface area contributed by atoms with Crippen molar-refractivity contribution in [3.63, 3.8) is 0 Å². The van der Waals surface area contributed by atoms with Crippen LogP contribution in [0, 0.1) is 0 Å². The first-order chi connectivity index (χ1) is 9.83. The molecule has 0 aliphatic rings. The lowest BCUT2D eigenvalue weighted by atomic mass is 10.0. The summed E-state index contributed by atoms with van der Waals surface area (Å²) in [5.41, 5.74) is 2.12. The molecule has 2 aromatic rings. The SMILES string of the molecule is CCC.OCCNC(c1ccccc1)c1ccccn1. The summed E-state index contributed by atoms with van der Waals surface area (Å²) in [5.74, 6) is 0. The number of aliphatic hydroxyl groups is 1. The van der Waals surface area contributed by atoms with Crippen LogP contribution < -0.4 is 5.32 Å². The zero-order valence-electron chi connectivity index (χ0n) is 12.3. The first-order valence-electron chi connectivity index (χ1n) is 7.13. The van der Waals surface area contributed by atoms with Crippen LogP contribution in [0.4, 0.5) is 0 Å². The highest BCUT2D eigenvalue weighted by Gasteiger charge is 2.13. The molecule has 2 rings (SSSR count). The van der Waals surface area contributed by atoms with Gasteiger partial charge in [-0.2, -0.15) is 0 Å². The lowest BCUT2D eigenvalue weighted by Crippen LogP contribution is -2.26. The quantitative estimate of drug-likeness (QED) is 0.878. The van der Waals surface area contributed by atoms with Crippen molar-refractivity contribution < 1.29 is 5.11 Å². The minimum atomic E-state index is 0.0320. The summed E-state index contributed by atoms with van der Waals surface area (Å²) in [7, 11) is 0. The number of nitrogens with one attached hydrogen (secondary N) is 1. The number of pyridine rings is 1. The van der Waals surface area contributed by atoms with Crippen molar-refractivity contribution in [1.82, 2.24) is 10.3 Å². The highest BCUT2D eigenvalue weighted by atomic mass is 16.3. The molecule has 1 aromatic heterocycles. The number of rotatable bonds is 5. The maximum atomic E-state index is 8.93. The molecule has 0 amide bonds. The number of hydrogen-bond donors (Lipinski definition) is 2. The maximum Gasteiger partial charge on any atom is 0.0752 e. The van der Waals surface area contributed by atoms with Crippen molar-refractivity contribution in [2.24, 2.45) is 0 Å². The summed E-state index contributed by atoms with van der Waals surface area (Å²) in [5, 5.41) is 12.2. The molecule has 0 saturated heterocycles. The summed E-state index contributed by atoms with van der Waals surface area (Å²) in [6, 6.07) is 16.0. The van der Waals surface area contributed by atoms with Crippen molar-refractivity contribution in [2.45, 2.75) is 26.3 Å². The molecule has 3 heteroatoms. The molecule has 0 aliphatic heterocycles. The van der Waals surface area contributed by atoms with Crippen molar-refractivity contribution in [1.29, 1.82) is 0 Å². The minimum Gasteiger partial charge on any atom is -0.395 e. The molecule has 1 unspecified atom stereocenters. The summed E-state index contributed by atoms with van der Waals surface area (Å²) >= 11 is 0. The van der Waals surface area contributed by atoms with Crippen LogP contribution >= 0.6 is 0 Å². The Hall–Kier alpha value is -1.71. The Morgan fingerprint density at radius 2 is 1.70 bits per heavy atom. The molecule has 2 N–H and O–H groups in total. The van der Waals surface area contributed by atoms with Crippen molar-refractivity contribution in [2.75, 3.05) is 13.2 Å². The lowest BCUT2D eigenvalue weighted by molar-refractivity contribution is 0.287. The summed E-state index contributed by atoms with van der Waals surface area (Å²) in [4.78, 5) is 4.36. The zero-order chi connectivity index (χ0) is 14.6. The van der Waals surface area contributed by atoms with Crippen molar-refractivity contribution in [3.05, 3.63) is 66.0 Å². The van der Waals surface area contributed by atoms with Crippen LogP contribution in [-0.2, 0) is 0 Å². The van der Waals surface area contributed by atoms with Gasteiger partial charge in [-0.15, -0.1) is 0 Å². The Morgan fingerprint density at radius 1 is 1.05 bits per heavy atom. The molecule has 0 radical (unpaired) electrons. The Kier molecular flexibility index (Phi) is 8.27. The summed E-state index contributed by atoms with van der Waals surface area (Å²) < 4.78 is 0. The molecular weight excluding hydrogens is 248 g/mol. The third kappa shape index (κ3) is 5.51. The van der Waals surface area contributed by atoms with E-state index in [1.165, 1.54) is 6.42 Å². The zero-order valence-corrected chi connectivity index (χ0v) is 12.3. The molecule has 0 bridgehead atoms. The van der Waals surface area contributed by atoms with E-state index in [1.807, 2.05) is 36.4 Å². The van der Waals surface area contributed by atoms with Gasteiger partial charge in [-0.3, -0.25) is 4.98 Å². The average molecular weight is 272 g/mol. The number of aromatic nitrogens is 1. The Balaban J connectivity index is 0.000000612. The molecule has 0 fully saturated rings. The second-order valence-corrected chi connectivity index (χ2v) is 4.48. The minimum absolute atomic E-state index is 0.0320. The van der Waals surface area contributed by atoms with Crippen LogP contribution in [0.1, 0.15) is 37.6 Å². The van der Waals surface area contributed by atoms with E-state index in [0.29, 0.717) is 6.54 Å². The molecule has 3 nitrogen and oxygen atoms in total. The van der Waals surface area contributed by atoms with E-state index >= 15 is 0 Å². The van der Waals surface area contributed by atoms with Gasteiger partial charge in [0, 0.05) is 12.7 Å². The number of benzene rings is 1. The van der Waals surface area contributed by atoms with Crippen LogP contribution in [0.3, 0.4) is 0 Å². The van der Waals surface area contributed by atoms with E-state index in [0.717, 1.165) is 11.3 Å². The molecule has 1 heterocycles. The smallest absolute Gasteiger partial charge is 0.0752 e. The normalized spacial score (nSPS) is 11.3. The fraction of sp³-hybridized carbons (Fsp3) is 0.353. The van der Waals surface area contributed by atoms with Crippen molar-refractivity contribution >= 4 is 0 Å². The van der Waals surface area contributed by atoms with Gasteiger partial charge in [0.1, 0.15) is 0 Å². The standard InChI is InChI=1S/C14H16N2O.C3H8/c17-11-10-16-14(12-6-2-1-3-7-12)13-8-4-5-9-15-13;1-3-2/h1-9,14,16-17H,10-11H2;3H2,1-2H3. The van der Waals surface area contributed by atoms with E-state index in [9.17, 15) is 0 Å². The van der Waals surface area contributed by atoms with Gasteiger partial charge in [-0.05, 0) is 17.7 Å². The summed E-state index contributed by atoms with van der Waals surface area (Å²) in [6.07, 6.45) is 3.03. The van der Waals surface area contributed by atoms with Gasteiger partial charge in [-0.25, -0.2) is 0 Å². The van der Waals surface area contributed by atoms with Gasteiger partial charge in [0.2, 0.25) is 0 Å². The van der Waals surface area contributed by atoms with Crippen LogP contribution in [0.25, 0.3) is 0 Å². The van der Waals surface area contributed by atoms with E-state index < -0.39 is 0 Å². The third-order valence-corrected chi connectivity index (χ3v) is 2.58. The average Bonchev–Trinajstić information content (AvgIpc) is 2.51. The fourth-order valence-electron chi connectivity index (χ4n) is 1.79.